The number of rotatable bonds is 2. The van der Waals surface area contributed by atoms with Crippen LogP contribution in [0.1, 0.15) is 30.4 Å². The summed E-state index contributed by atoms with van der Waals surface area (Å²) in [4.78, 5) is 11.1. The van der Waals surface area contributed by atoms with E-state index in [1.165, 1.54) is 10.6 Å². The van der Waals surface area contributed by atoms with Crippen molar-refractivity contribution < 1.29 is 18.7 Å². The van der Waals surface area contributed by atoms with Crippen molar-refractivity contribution in [3.8, 4) is 0 Å². The number of nitrogens with zero attached hydrogens (tertiary/aromatic N) is 1. The van der Waals surface area contributed by atoms with E-state index in [1.54, 1.807) is 13.8 Å². The standard InChI is InChI=1S/C12H11F2NO2/c1-6(2)15-10-5-9(14)8(13)3-7(10)4-11(15)12(16)17/h3-6H,1-2H3,(H,16,17). The largest absolute Gasteiger partial charge is 0.477 e. The summed E-state index contributed by atoms with van der Waals surface area (Å²) in [5, 5.41) is 9.43. The van der Waals surface area contributed by atoms with E-state index in [-0.39, 0.29) is 11.7 Å². The Morgan fingerprint density at radius 1 is 1.24 bits per heavy atom. The van der Waals surface area contributed by atoms with Gasteiger partial charge in [0.1, 0.15) is 5.69 Å². The summed E-state index contributed by atoms with van der Waals surface area (Å²) in [7, 11) is 0. The monoisotopic (exact) mass is 239 g/mol. The van der Waals surface area contributed by atoms with E-state index in [9.17, 15) is 13.6 Å². The van der Waals surface area contributed by atoms with Crippen molar-refractivity contribution in [2.45, 2.75) is 19.9 Å². The van der Waals surface area contributed by atoms with Crippen LogP contribution >= 0.6 is 0 Å². The molecule has 0 saturated heterocycles. The van der Waals surface area contributed by atoms with Crippen LogP contribution < -0.4 is 0 Å². The molecule has 0 aliphatic carbocycles. The summed E-state index contributed by atoms with van der Waals surface area (Å²) in [5.74, 6) is -3.07. The zero-order valence-electron chi connectivity index (χ0n) is 9.37. The molecule has 2 aromatic rings. The predicted octanol–water partition coefficient (Wildman–Crippen LogP) is 3.20. The predicted molar refractivity (Wildman–Crippen MR) is 59.2 cm³/mol. The molecule has 0 aliphatic heterocycles. The van der Waals surface area contributed by atoms with Gasteiger partial charge in [0, 0.05) is 17.5 Å². The van der Waals surface area contributed by atoms with E-state index in [1.807, 2.05) is 0 Å². The minimum absolute atomic E-state index is 0.0278. The molecule has 1 aromatic heterocycles. The Morgan fingerprint density at radius 3 is 2.35 bits per heavy atom. The Labute approximate surface area is 96.3 Å². The Kier molecular flexibility index (Phi) is 2.61. The molecule has 90 valence electrons. The molecule has 5 heteroatoms. The average Bonchev–Trinajstić information content (AvgIpc) is 2.57. The second-order valence-electron chi connectivity index (χ2n) is 4.12. The molecule has 0 amide bonds. The number of halogens is 2. The lowest BCUT2D eigenvalue weighted by Gasteiger charge is -2.12. The molecule has 0 spiro atoms. The maximum atomic E-state index is 13.2. The van der Waals surface area contributed by atoms with Gasteiger partial charge in [-0.05, 0) is 26.0 Å². The van der Waals surface area contributed by atoms with E-state index in [0.717, 1.165) is 12.1 Å². The van der Waals surface area contributed by atoms with Gasteiger partial charge in [-0.15, -0.1) is 0 Å². The van der Waals surface area contributed by atoms with Crippen LogP contribution in [0.25, 0.3) is 10.9 Å². The first kappa shape index (κ1) is 11.6. The van der Waals surface area contributed by atoms with E-state index in [4.69, 9.17) is 5.11 Å². The fraction of sp³-hybridized carbons (Fsp3) is 0.250. The Hall–Kier alpha value is -1.91. The van der Waals surface area contributed by atoms with Crippen LogP contribution in [0.2, 0.25) is 0 Å². The minimum atomic E-state index is -1.12. The molecule has 3 nitrogen and oxygen atoms in total. The van der Waals surface area contributed by atoms with Crippen molar-refractivity contribution in [2.75, 3.05) is 0 Å². The van der Waals surface area contributed by atoms with Crippen molar-refractivity contribution in [3.05, 3.63) is 35.5 Å². The quantitative estimate of drug-likeness (QED) is 0.874. The highest BCUT2D eigenvalue weighted by Gasteiger charge is 2.18. The maximum Gasteiger partial charge on any atom is 0.352 e. The summed E-state index contributed by atoms with van der Waals surface area (Å²) in [6.45, 7) is 3.57. The highest BCUT2D eigenvalue weighted by atomic mass is 19.2. The normalized spacial score (nSPS) is 11.4. The third-order valence-electron chi connectivity index (χ3n) is 2.62. The third-order valence-corrected chi connectivity index (χ3v) is 2.62. The van der Waals surface area contributed by atoms with Gasteiger partial charge in [0.15, 0.2) is 11.6 Å². The lowest BCUT2D eigenvalue weighted by Crippen LogP contribution is -2.10. The van der Waals surface area contributed by atoms with E-state index < -0.39 is 17.6 Å². The molecule has 1 N–H and O–H groups in total. The van der Waals surface area contributed by atoms with E-state index in [0.29, 0.717) is 10.9 Å². The summed E-state index contributed by atoms with van der Waals surface area (Å²) in [5.41, 5.74) is 0.413. The first-order chi connectivity index (χ1) is 7.91. The molecule has 0 fully saturated rings. The number of fused-ring (bicyclic) bond motifs is 1. The van der Waals surface area contributed by atoms with E-state index >= 15 is 0 Å². The second-order valence-corrected chi connectivity index (χ2v) is 4.12. The molecule has 0 atom stereocenters. The molecule has 0 unspecified atom stereocenters. The van der Waals surface area contributed by atoms with Crippen molar-refractivity contribution >= 4 is 16.9 Å². The molecular weight excluding hydrogens is 228 g/mol. The third kappa shape index (κ3) is 1.77. The highest BCUT2D eigenvalue weighted by molar-refractivity contribution is 5.94. The molecule has 0 aliphatic rings. The molecule has 17 heavy (non-hydrogen) atoms. The number of carboxylic acids is 1. The first-order valence-electron chi connectivity index (χ1n) is 5.15. The van der Waals surface area contributed by atoms with Crippen LogP contribution in [0.4, 0.5) is 8.78 Å². The van der Waals surface area contributed by atoms with Gasteiger partial charge in [0.25, 0.3) is 0 Å². The van der Waals surface area contributed by atoms with Crippen molar-refractivity contribution in [3.63, 3.8) is 0 Å². The summed E-state index contributed by atoms with van der Waals surface area (Å²) < 4.78 is 27.7. The number of aromatic nitrogens is 1. The number of hydrogen-bond acceptors (Lipinski definition) is 1. The Bertz CT molecular complexity index is 602. The van der Waals surface area contributed by atoms with Crippen LogP contribution in [-0.2, 0) is 0 Å². The van der Waals surface area contributed by atoms with Gasteiger partial charge in [-0.1, -0.05) is 0 Å². The number of benzene rings is 1. The summed E-state index contributed by atoms with van der Waals surface area (Å²) in [6, 6.07) is 3.23. The van der Waals surface area contributed by atoms with Gasteiger partial charge in [0.2, 0.25) is 0 Å². The smallest absolute Gasteiger partial charge is 0.352 e. The van der Waals surface area contributed by atoms with Gasteiger partial charge < -0.3 is 9.67 Å². The summed E-state index contributed by atoms with van der Waals surface area (Å²) >= 11 is 0. The fourth-order valence-electron chi connectivity index (χ4n) is 1.94. The fourth-order valence-corrected chi connectivity index (χ4v) is 1.94. The lowest BCUT2D eigenvalue weighted by atomic mass is 10.2. The zero-order valence-corrected chi connectivity index (χ0v) is 9.37. The van der Waals surface area contributed by atoms with Crippen LogP contribution in [0.5, 0.6) is 0 Å². The SMILES string of the molecule is CC(C)n1c(C(=O)O)cc2cc(F)c(F)cc21. The van der Waals surface area contributed by atoms with Crippen molar-refractivity contribution in [1.82, 2.24) is 4.57 Å². The molecule has 1 aromatic carbocycles. The highest BCUT2D eigenvalue weighted by Crippen LogP contribution is 2.26. The Balaban J connectivity index is 2.85. The van der Waals surface area contributed by atoms with Crippen LogP contribution in [0.3, 0.4) is 0 Å². The van der Waals surface area contributed by atoms with Crippen LogP contribution in [0.15, 0.2) is 18.2 Å². The van der Waals surface area contributed by atoms with Crippen molar-refractivity contribution in [2.24, 2.45) is 0 Å². The van der Waals surface area contributed by atoms with Crippen molar-refractivity contribution in [1.29, 1.82) is 0 Å². The van der Waals surface area contributed by atoms with Crippen LogP contribution in [0, 0.1) is 11.6 Å². The van der Waals surface area contributed by atoms with Gasteiger partial charge in [-0.3, -0.25) is 0 Å². The second kappa shape index (κ2) is 3.84. The number of carboxylic acid groups (broad SMARTS) is 1. The molecule has 1 heterocycles. The number of hydrogen-bond donors (Lipinski definition) is 1. The van der Waals surface area contributed by atoms with Gasteiger partial charge in [-0.25, -0.2) is 13.6 Å². The molecular formula is C12H11F2NO2. The molecule has 0 radical (unpaired) electrons. The van der Waals surface area contributed by atoms with Gasteiger partial charge in [0.05, 0.1) is 5.52 Å². The van der Waals surface area contributed by atoms with E-state index in [2.05, 4.69) is 0 Å². The average molecular weight is 239 g/mol. The zero-order chi connectivity index (χ0) is 12.7. The molecule has 0 bridgehead atoms. The van der Waals surface area contributed by atoms with Crippen LogP contribution in [-0.4, -0.2) is 15.6 Å². The topological polar surface area (TPSA) is 42.2 Å². The Morgan fingerprint density at radius 2 is 1.82 bits per heavy atom. The number of aromatic carboxylic acids is 1. The molecule has 0 saturated carbocycles. The minimum Gasteiger partial charge on any atom is -0.477 e. The maximum absolute atomic E-state index is 13.2. The number of carbonyl (C=O) groups is 1. The summed E-state index contributed by atoms with van der Waals surface area (Å²) in [6.07, 6.45) is 0. The lowest BCUT2D eigenvalue weighted by molar-refractivity contribution is 0.0684. The van der Waals surface area contributed by atoms with Gasteiger partial charge in [-0.2, -0.15) is 0 Å². The first-order valence-corrected chi connectivity index (χ1v) is 5.15. The van der Waals surface area contributed by atoms with Gasteiger partial charge >= 0.3 is 5.97 Å². The molecule has 2 rings (SSSR count).